The number of thioether (sulfide) groups is 1. The molecule has 1 saturated heterocycles. The van der Waals surface area contributed by atoms with Crippen molar-refractivity contribution in [3.8, 4) is 11.8 Å². The maximum atomic E-state index is 13.4. The van der Waals surface area contributed by atoms with Crippen molar-refractivity contribution in [1.82, 2.24) is 4.90 Å². The van der Waals surface area contributed by atoms with Crippen molar-refractivity contribution in [3.05, 3.63) is 98.9 Å². The summed E-state index contributed by atoms with van der Waals surface area (Å²) in [6.45, 7) is 3.58. The zero-order valence-electron chi connectivity index (χ0n) is 19.7. The van der Waals surface area contributed by atoms with E-state index in [1.807, 2.05) is 79.7 Å². The average Bonchev–Trinajstić information content (AvgIpc) is 3.18. The summed E-state index contributed by atoms with van der Waals surface area (Å²) in [5, 5.41) is 9.98. The highest BCUT2D eigenvalue weighted by atomic mass is 79.9. The molecule has 0 aromatic heterocycles. The minimum atomic E-state index is -0.130. The van der Waals surface area contributed by atoms with Gasteiger partial charge in [0.25, 0.3) is 5.91 Å². The highest BCUT2D eigenvalue weighted by molar-refractivity contribution is 9.10. The number of amides is 1. The number of para-hydroxylation sites is 1. The molecule has 0 aliphatic carbocycles. The number of hydrogen-bond acceptors (Lipinski definition) is 6. The van der Waals surface area contributed by atoms with E-state index in [-0.39, 0.29) is 12.5 Å². The Labute approximate surface area is 223 Å². The zero-order valence-corrected chi connectivity index (χ0v) is 22.1. The average molecular weight is 562 g/mol. The number of nitriles is 1. The van der Waals surface area contributed by atoms with Gasteiger partial charge in [-0.25, -0.2) is 4.99 Å². The fourth-order valence-electron chi connectivity index (χ4n) is 3.52. The number of carbonyl (C=O) groups is 1. The summed E-state index contributed by atoms with van der Waals surface area (Å²) in [7, 11) is 0. The van der Waals surface area contributed by atoms with Gasteiger partial charge < -0.3 is 9.47 Å². The summed E-state index contributed by atoms with van der Waals surface area (Å²) >= 11 is 4.85. The van der Waals surface area contributed by atoms with Crippen LogP contribution in [-0.2, 0) is 16.1 Å². The Hall–Kier alpha value is -3.38. The monoisotopic (exact) mass is 561 g/mol. The topological polar surface area (TPSA) is 74.9 Å². The van der Waals surface area contributed by atoms with Gasteiger partial charge in [0.15, 0.2) is 5.17 Å². The molecule has 36 heavy (non-hydrogen) atoms. The first-order chi connectivity index (χ1) is 17.6. The largest absolute Gasteiger partial charge is 0.488 e. The van der Waals surface area contributed by atoms with E-state index in [0.717, 1.165) is 21.3 Å². The summed E-state index contributed by atoms with van der Waals surface area (Å²) in [5.41, 5.74) is 2.90. The van der Waals surface area contributed by atoms with Gasteiger partial charge >= 0.3 is 0 Å². The molecule has 0 spiro atoms. The molecule has 8 heteroatoms. The highest BCUT2D eigenvalue weighted by Crippen LogP contribution is 2.36. The van der Waals surface area contributed by atoms with Gasteiger partial charge in [-0.15, -0.1) is 0 Å². The van der Waals surface area contributed by atoms with Crippen molar-refractivity contribution >= 4 is 50.5 Å². The second-order valence-corrected chi connectivity index (χ2v) is 9.66. The Morgan fingerprint density at radius 3 is 2.67 bits per heavy atom. The first kappa shape index (κ1) is 25.7. The van der Waals surface area contributed by atoms with E-state index in [9.17, 15) is 10.1 Å². The lowest BCUT2D eigenvalue weighted by Gasteiger charge is -2.15. The number of benzene rings is 3. The van der Waals surface area contributed by atoms with Crippen molar-refractivity contribution in [1.29, 1.82) is 5.26 Å². The lowest BCUT2D eigenvalue weighted by atomic mass is 10.1. The molecule has 0 radical (unpaired) electrons. The minimum Gasteiger partial charge on any atom is -0.488 e. The van der Waals surface area contributed by atoms with Crippen molar-refractivity contribution in [3.63, 3.8) is 0 Å². The molecule has 0 bridgehead atoms. The van der Waals surface area contributed by atoms with E-state index in [1.165, 1.54) is 11.8 Å². The Morgan fingerprint density at radius 2 is 1.89 bits per heavy atom. The Bertz CT molecular complexity index is 1340. The molecule has 3 aromatic carbocycles. The summed E-state index contributed by atoms with van der Waals surface area (Å²) in [6, 6.07) is 24.7. The van der Waals surface area contributed by atoms with Gasteiger partial charge in [0.05, 0.1) is 35.4 Å². The van der Waals surface area contributed by atoms with Crippen LogP contribution in [0.1, 0.15) is 23.6 Å². The fraction of sp³-hybridized carbons (Fsp3) is 0.179. The molecule has 1 aliphatic rings. The molecule has 0 saturated carbocycles. The summed E-state index contributed by atoms with van der Waals surface area (Å²) in [6.07, 6.45) is 1.82. The SMILES string of the molecule is CCOCCN1C(=O)/C(=C/c2cc(Br)ccc2OCc2ccccc2C#N)SC1=Nc1ccccc1. The van der Waals surface area contributed by atoms with Crippen LogP contribution in [0.2, 0.25) is 0 Å². The number of ether oxygens (including phenoxy) is 2. The summed E-state index contributed by atoms with van der Waals surface area (Å²) in [4.78, 5) is 20.3. The molecule has 0 unspecified atom stereocenters. The van der Waals surface area contributed by atoms with Gasteiger partial charge in [-0.3, -0.25) is 9.69 Å². The molecule has 1 amide bonds. The second-order valence-electron chi connectivity index (χ2n) is 7.73. The van der Waals surface area contributed by atoms with Crippen LogP contribution in [0.15, 0.2) is 87.2 Å². The predicted octanol–water partition coefficient (Wildman–Crippen LogP) is 6.54. The molecule has 1 fully saturated rings. The van der Waals surface area contributed by atoms with Crippen molar-refractivity contribution in [2.45, 2.75) is 13.5 Å². The van der Waals surface area contributed by atoms with Crippen molar-refractivity contribution < 1.29 is 14.3 Å². The number of amidine groups is 1. The third-order valence-corrected chi connectivity index (χ3v) is 6.81. The third kappa shape index (κ3) is 6.43. The molecule has 1 heterocycles. The number of carbonyl (C=O) groups excluding carboxylic acids is 1. The van der Waals surface area contributed by atoms with Gasteiger partial charge in [0.1, 0.15) is 12.4 Å². The number of halogens is 1. The first-order valence-electron chi connectivity index (χ1n) is 11.4. The normalized spacial score (nSPS) is 15.5. The summed E-state index contributed by atoms with van der Waals surface area (Å²) < 4.78 is 12.5. The van der Waals surface area contributed by atoms with Gasteiger partial charge in [0, 0.05) is 22.2 Å². The van der Waals surface area contributed by atoms with Gasteiger partial charge in [-0.2, -0.15) is 5.26 Å². The van der Waals surface area contributed by atoms with Crippen LogP contribution in [0.25, 0.3) is 6.08 Å². The van der Waals surface area contributed by atoms with Crippen molar-refractivity contribution in [2.75, 3.05) is 19.8 Å². The van der Waals surface area contributed by atoms with E-state index in [0.29, 0.717) is 41.1 Å². The third-order valence-electron chi connectivity index (χ3n) is 5.31. The van der Waals surface area contributed by atoms with Crippen LogP contribution < -0.4 is 4.74 Å². The molecule has 182 valence electrons. The van der Waals surface area contributed by atoms with Crippen LogP contribution >= 0.6 is 27.7 Å². The number of rotatable bonds is 9. The Balaban J connectivity index is 1.63. The standard InChI is InChI=1S/C28H24BrN3O3S/c1-2-34-15-14-32-27(33)26(36-28(32)31-24-10-4-3-5-11-24)17-22-16-23(29)12-13-25(22)35-19-21-9-7-6-8-20(21)18-30/h3-13,16-17H,2,14-15,19H2,1H3/b26-17-,31-28?. The molecule has 6 nitrogen and oxygen atoms in total. The molecule has 4 rings (SSSR count). The first-order valence-corrected chi connectivity index (χ1v) is 13.0. The van der Waals surface area contributed by atoms with Crippen LogP contribution in [0.4, 0.5) is 5.69 Å². The Kier molecular flexibility index (Phi) is 8.95. The molecule has 0 N–H and O–H groups in total. The fourth-order valence-corrected chi connectivity index (χ4v) is 4.91. The van der Waals surface area contributed by atoms with Crippen LogP contribution in [0, 0.1) is 11.3 Å². The number of nitrogens with zero attached hydrogens (tertiary/aromatic N) is 3. The van der Waals surface area contributed by atoms with Crippen molar-refractivity contribution in [2.24, 2.45) is 4.99 Å². The molecule has 1 aliphatic heterocycles. The molecule has 0 atom stereocenters. The van der Waals surface area contributed by atoms with E-state index in [1.54, 1.807) is 11.0 Å². The maximum Gasteiger partial charge on any atom is 0.266 e. The number of hydrogen-bond donors (Lipinski definition) is 0. The lowest BCUT2D eigenvalue weighted by molar-refractivity contribution is -0.122. The van der Waals surface area contributed by atoms with Gasteiger partial charge in [-0.1, -0.05) is 52.3 Å². The minimum absolute atomic E-state index is 0.130. The second kappa shape index (κ2) is 12.5. The number of aliphatic imine (C=N–C) groups is 1. The van der Waals surface area contributed by atoms with E-state index in [2.05, 4.69) is 22.0 Å². The van der Waals surface area contributed by atoms with Crippen LogP contribution in [0.3, 0.4) is 0 Å². The summed E-state index contributed by atoms with van der Waals surface area (Å²) in [5.74, 6) is 0.483. The predicted molar refractivity (Wildman–Crippen MR) is 147 cm³/mol. The van der Waals surface area contributed by atoms with Crippen LogP contribution in [0.5, 0.6) is 5.75 Å². The lowest BCUT2D eigenvalue weighted by Crippen LogP contribution is -2.32. The van der Waals surface area contributed by atoms with E-state index in [4.69, 9.17) is 14.5 Å². The molecular formula is C28H24BrN3O3S. The van der Waals surface area contributed by atoms with E-state index < -0.39 is 0 Å². The quantitative estimate of drug-likeness (QED) is 0.219. The zero-order chi connectivity index (χ0) is 25.3. The smallest absolute Gasteiger partial charge is 0.266 e. The maximum absolute atomic E-state index is 13.4. The highest BCUT2D eigenvalue weighted by Gasteiger charge is 2.33. The Morgan fingerprint density at radius 1 is 1.11 bits per heavy atom. The van der Waals surface area contributed by atoms with E-state index >= 15 is 0 Å². The molecular weight excluding hydrogens is 538 g/mol. The van der Waals surface area contributed by atoms with Gasteiger partial charge in [0.2, 0.25) is 0 Å². The van der Waals surface area contributed by atoms with Crippen LogP contribution in [-0.4, -0.2) is 35.7 Å². The van der Waals surface area contributed by atoms with Gasteiger partial charge in [-0.05, 0) is 61.2 Å². The molecule has 3 aromatic rings.